The van der Waals surface area contributed by atoms with Crippen LogP contribution in [-0.2, 0) is 17.6 Å². The van der Waals surface area contributed by atoms with Gasteiger partial charge in [0.15, 0.2) is 11.0 Å². The van der Waals surface area contributed by atoms with Crippen LogP contribution in [0.3, 0.4) is 0 Å². The van der Waals surface area contributed by atoms with E-state index in [4.69, 9.17) is 0 Å². The maximum atomic E-state index is 12.6. The van der Waals surface area contributed by atoms with Crippen molar-refractivity contribution in [1.82, 2.24) is 20.1 Å². The second kappa shape index (κ2) is 12.5. The Bertz CT molecular complexity index is 1620. The maximum Gasteiger partial charge on any atom is 0.573 e. The molecule has 0 bridgehead atoms. The van der Waals surface area contributed by atoms with E-state index in [2.05, 4.69) is 25.1 Å². The molecular formula is C29H25F3N6O3S. The summed E-state index contributed by atoms with van der Waals surface area (Å²) in [5, 5.41) is 7.57. The molecule has 216 valence electrons. The van der Waals surface area contributed by atoms with Crippen molar-refractivity contribution >= 4 is 34.6 Å². The summed E-state index contributed by atoms with van der Waals surface area (Å²) in [6.45, 7) is 2.32. The summed E-state index contributed by atoms with van der Waals surface area (Å²) < 4.78 is 42.6. The summed E-state index contributed by atoms with van der Waals surface area (Å²) in [5.41, 5.74) is 3.91. The largest absolute Gasteiger partial charge is 0.573 e. The molecule has 1 N–H and O–H groups in total. The smallest absolute Gasteiger partial charge is 0.406 e. The Kier molecular flexibility index (Phi) is 8.57. The molecule has 9 nitrogen and oxygen atoms in total. The Hall–Kier alpha value is -4.65. The number of amides is 3. The van der Waals surface area contributed by atoms with Crippen LogP contribution in [0, 0.1) is 0 Å². The summed E-state index contributed by atoms with van der Waals surface area (Å²) in [7, 11) is 0. The fourth-order valence-corrected chi connectivity index (χ4v) is 5.19. The van der Waals surface area contributed by atoms with E-state index in [1.165, 1.54) is 51.9 Å². The Balaban J connectivity index is 1.20. The van der Waals surface area contributed by atoms with Crippen molar-refractivity contribution in [3.05, 3.63) is 90.3 Å². The number of hydrogen-bond acceptors (Lipinski definition) is 6. The van der Waals surface area contributed by atoms with Gasteiger partial charge in [0.2, 0.25) is 5.91 Å². The Labute approximate surface area is 243 Å². The van der Waals surface area contributed by atoms with E-state index in [0.717, 1.165) is 28.8 Å². The molecule has 3 aromatic carbocycles. The molecule has 3 amide bonds. The summed E-state index contributed by atoms with van der Waals surface area (Å²) in [5.74, 6) is 0.205. The van der Waals surface area contributed by atoms with Gasteiger partial charge < -0.3 is 10.1 Å². The number of carbonyl (C=O) groups excluding carboxylic acids is 2. The third-order valence-corrected chi connectivity index (χ3v) is 7.20. The molecule has 4 aromatic rings. The van der Waals surface area contributed by atoms with Crippen LogP contribution in [0.5, 0.6) is 5.75 Å². The second-order valence-corrected chi connectivity index (χ2v) is 10.1. The molecule has 0 aliphatic carbocycles. The number of thioether (sulfide) groups is 1. The van der Waals surface area contributed by atoms with E-state index in [1.807, 2.05) is 55.5 Å². The number of nitrogens with one attached hydrogen (secondary N) is 1. The van der Waals surface area contributed by atoms with Gasteiger partial charge in [-0.15, -0.1) is 18.3 Å². The highest BCUT2D eigenvalue weighted by Gasteiger charge is 2.32. The van der Waals surface area contributed by atoms with Crippen molar-refractivity contribution in [2.75, 3.05) is 17.2 Å². The van der Waals surface area contributed by atoms with E-state index in [9.17, 15) is 22.8 Å². The summed E-state index contributed by atoms with van der Waals surface area (Å²) >= 11 is 1.23. The van der Waals surface area contributed by atoms with E-state index in [0.29, 0.717) is 29.6 Å². The number of para-hydroxylation sites is 1. The number of nitrogens with zero attached hydrogens (tertiary/aromatic N) is 5. The van der Waals surface area contributed by atoms with Crippen molar-refractivity contribution < 1.29 is 27.5 Å². The lowest BCUT2D eigenvalue weighted by Crippen LogP contribution is -2.32. The summed E-state index contributed by atoms with van der Waals surface area (Å²) in [4.78, 5) is 35.2. The Morgan fingerprint density at radius 3 is 2.64 bits per heavy atom. The van der Waals surface area contributed by atoms with Crippen LogP contribution in [0.2, 0.25) is 0 Å². The van der Waals surface area contributed by atoms with Gasteiger partial charge in [0.1, 0.15) is 12.1 Å². The fraction of sp³-hybridized carbons (Fsp3) is 0.207. The molecule has 0 spiro atoms. The number of rotatable bonds is 8. The first kappa shape index (κ1) is 28.9. The molecule has 0 saturated carbocycles. The molecule has 1 saturated heterocycles. The number of ether oxygens (including phenoxy) is 1. The first-order valence-electron chi connectivity index (χ1n) is 13.0. The first-order valence-corrected chi connectivity index (χ1v) is 14.0. The van der Waals surface area contributed by atoms with Gasteiger partial charge in [-0.2, -0.15) is 4.99 Å². The predicted molar refractivity (Wildman–Crippen MR) is 154 cm³/mol. The average Bonchev–Trinajstić information content (AvgIpc) is 3.60. The zero-order chi connectivity index (χ0) is 29.7. The number of benzene rings is 3. The van der Waals surface area contributed by atoms with Crippen molar-refractivity contribution in [3.63, 3.8) is 0 Å². The Morgan fingerprint density at radius 2 is 1.88 bits per heavy atom. The van der Waals surface area contributed by atoms with Gasteiger partial charge in [-0.25, -0.2) is 14.5 Å². The lowest BCUT2D eigenvalue weighted by atomic mass is 10.1. The van der Waals surface area contributed by atoms with Gasteiger partial charge in [-0.05, 0) is 60.4 Å². The number of carbonyl (C=O) groups is 2. The third-order valence-electron chi connectivity index (χ3n) is 6.28. The van der Waals surface area contributed by atoms with E-state index < -0.39 is 12.4 Å². The number of anilines is 1. The number of hydrogen-bond donors (Lipinski definition) is 1. The number of aliphatic imine (C=N–C) groups is 1. The fourth-order valence-electron chi connectivity index (χ4n) is 4.34. The molecule has 42 heavy (non-hydrogen) atoms. The van der Waals surface area contributed by atoms with E-state index >= 15 is 0 Å². The molecule has 1 aromatic heterocycles. The van der Waals surface area contributed by atoms with Crippen molar-refractivity contribution in [2.24, 2.45) is 4.99 Å². The number of aromatic nitrogens is 3. The average molecular weight is 595 g/mol. The van der Waals surface area contributed by atoms with Crippen LogP contribution in [0.25, 0.3) is 17.1 Å². The SMILES string of the molecule is CCc1ccccc1N1C(=O)CSC1=NC(=O)NCCc1cccc(-c2ncn(-c3ccc(OC(F)(F)F)cc3)n2)c1. The Morgan fingerprint density at radius 1 is 1.10 bits per heavy atom. The number of alkyl halides is 3. The van der Waals surface area contributed by atoms with Crippen molar-refractivity contribution in [2.45, 2.75) is 26.1 Å². The van der Waals surface area contributed by atoms with Crippen LogP contribution in [-0.4, -0.2) is 50.5 Å². The zero-order valence-electron chi connectivity index (χ0n) is 22.3. The normalized spacial score (nSPS) is 14.4. The van der Waals surface area contributed by atoms with Crippen LogP contribution < -0.4 is 15.0 Å². The maximum absolute atomic E-state index is 12.6. The highest BCUT2D eigenvalue weighted by Crippen LogP contribution is 2.30. The molecule has 0 atom stereocenters. The van der Waals surface area contributed by atoms with E-state index in [1.54, 1.807) is 0 Å². The molecule has 1 aliphatic rings. The monoisotopic (exact) mass is 594 g/mol. The van der Waals surface area contributed by atoms with Gasteiger partial charge in [-0.1, -0.05) is 55.1 Å². The highest BCUT2D eigenvalue weighted by atomic mass is 32.2. The topological polar surface area (TPSA) is 102 Å². The van der Waals surface area contributed by atoms with Crippen LogP contribution >= 0.6 is 11.8 Å². The van der Waals surface area contributed by atoms with Crippen molar-refractivity contribution in [1.29, 1.82) is 0 Å². The molecule has 2 heterocycles. The molecule has 5 rings (SSSR count). The number of amidine groups is 1. The van der Waals surface area contributed by atoms with Gasteiger partial charge in [0, 0.05) is 12.1 Å². The lowest BCUT2D eigenvalue weighted by molar-refractivity contribution is -0.274. The molecule has 13 heteroatoms. The first-order chi connectivity index (χ1) is 20.2. The minimum atomic E-state index is -4.76. The van der Waals surface area contributed by atoms with E-state index in [-0.39, 0.29) is 17.4 Å². The van der Waals surface area contributed by atoms with Gasteiger partial charge >= 0.3 is 12.4 Å². The molecule has 1 fully saturated rings. The zero-order valence-corrected chi connectivity index (χ0v) is 23.2. The minimum Gasteiger partial charge on any atom is -0.406 e. The quantitative estimate of drug-likeness (QED) is 0.277. The van der Waals surface area contributed by atoms with Gasteiger partial charge in [0.05, 0.1) is 17.1 Å². The van der Waals surface area contributed by atoms with Crippen molar-refractivity contribution in [3.8, 4) is 22.8 Å². The summed E-state index contributed by atoms with van der Waals surface area (Å²) in [6.07, 6.45) is -2.04. The van der Waals surface area contributed by atoms with Crippen LogP contribution in [0.1, 0.15) is 18.1 Å². The van der Waals surface area contributed by atoms with Crippen LogP contribution in [0.4, 0.5) is 23.7 Å². The molecular weight excluding hydrogens is 569 g/mol. The molecule has 1 aliphatic heterocycles. The predicted octanol–water partition coefficient (Wildman–Crippen LogP) is 5.78. The lowest BCUT2D eigenvalue weighted by Gasteiger charge is -2.19. The molecule has 0 unspecified atom stereocenters. The second-order valence-electron chi connectivity index (χ2n) is 9.13. The molecule has 0 radical (unpaired) electrons. The third kappa shape index (κ3) is 6.97. The van der Waals surface area contributed by atoms with Crippen LogP contribution in [0.15, 0.2) is 84.1 Å². The number of urea groups is 1. The van der Waals surface area contributed by atoms with Gasteiger partial charge in [0.25, 0.3) is 0 Å². The standard InChI is InChI=1S/C29H25F3N6O3S/c1-2-20-7-3-4-9-24(20)38-25(39)17-42-28(38)35-27(40)33-15-14-19-6-5-8-21(16-19)26-34-18-37(36-26)22-10-12-23(13-11-22)41-29(30,31)32/h3-13,16,18H,2,14-15,17H2,1H3,(H,33,40). The number of halogens is 3. The highest BCUT2D eigenvalue weighted by molar-refractivity contribution is 8.15. The number of aryl methyl sites for hydroxylation is 1. The minimum absolute atomic E-state index is 0.118. The summed E-state index contributed by atoms with van der Waals surface area (Å²) in [6, 6.07) is 19.8. The van der Waals surface area contributed by atoms with Gasteiger partial charge in [-0.3, -0.25) is 9.69 Å².